The van der Waals surface area contributed by atoms with E-state index in [0.717, 1.165) is 12.0 Å². The zero-order chi connectivity index (χ0) is 18.4. The molecule has 0 saturated heterocycles. The minimum atomic E-state index is -0.403. The Kier molecular flexibility index (Phi) is 5.48. The fraction of sp³-hybridized carbons (Fsp3) is 0.211. The Morgan fingerprint density at radius 1 is 1.08 bits per heavy atom. The molecular formula is C19H19N3O4. The van der Waals surface area contributed by atoms with E-state index in [2.05, 4.69) is 15.5 Å². The lowest BCUT2D eigenvalue weighted by atomic mass is 10.1. The number of aromatic nitrogens is 2. The van der Waals surface area contributed by atoms with Crippen LogP contribution in [0.3, 0.4) is 0 Å². The minimum Gasteiger partial charge on any atom is -0.493 e. The second kappa shape index (κ2) is 8.15. The Morgan fingerprint density at radius 3 is 2.58 bits per heavy atom. The van der Waals surface area contributed by atoms with E-state index in [-0.39, 0.29) is 5.89 Å². The van der Waals surface area contributed by atoms with E-state index in [9.17, 15) is 4.79 Å². The number of carbonyl (C=O) groups is 1. The molecule has 2 aromatic carbocycles. The third-order valence-corrected chi connectivity index (χ3v) is 3.80. The largest absolute Gasteiger partial charge is 0.493 e. The first kappa shape index (κ1) is 17.5. The molecule has 7 heteroatoms. The number of methoxy groups -OCH3 is 2. The van der Waals surface area contributed by atoms with Gasteiger partial charge in [-0.25, -0.2) is 0 Å². The van der Waals surface area contributed by atoms with Gasteiger partial charge in [0.15, 0.2) is 11.5 Å². The number of amides is 1. The molecule has 3 rings (SSSR count). The normalized spacial score (nSPS) is 10.4. The first-order valence-corrected chi connectivity index (χ1v) is 8.09. The van der Waals surface area contributed by atoms with E-state index in [1.165, 1.54) is 0 Å². The van der Waals surface area contributed by atoms with Crippen LogP contribution < -0.4 is 14.8 Å². The molecule has 1 N–H and O–H groups in total. The van der Waals surface area contributed by atoms with E-state index in [1.54, 1.807) is 32.4 Å². The number of carbonyl (C=O) groups excluding carboxylic acids is 1. The molecule has 0 fully saturated rings. The molecule has 0 unspecified atom stereocenters. The van der Waals surface area contributed by atoms with Crippen LogP contribution in [0.25, 0.3) is 11.4 Å². The summed E-state index contributed by atoms with van der Waals surface area (Å²) in [6.45, 7) is 0.483. The first-order valence-electron chi connectivity index (χ1n) is 8.09. The molecule has 0 aliphatic heterocycles. The van der Waals surface area contributed by atoms with E-state index in [1.807, 2.05) is 30.3 Å². The van der Waals surface area contributed by atoms with Crippen molar-refractivity contribution in [3.63, 3.8) is 0 Å². The molecule has 3 aromatic rings. The minimum absolute atomic E-state index is 0.0807. The Bertz CT molecular complexity index is 878. The van der Waals surface area contributed by atoms with Crippen molar-refractivity contribution in [1.29, 1.82) is 0 Å². The fourth-order valence-electron chi connectivity index (χ4n) is 2.45. The predicted octanol–water partition coefficient (Wildman–Crippen LogP) is 2.73. The molecule has 134 valence electrons. The number of hydrogen-bond donors (Lipinski definition) is 1. The van der Waals surface area contributed by atoms with Gasteiger partial charge in [-0.1, -0.05) is 35.5 Å². The van der Waals surface area contributed by atoms with Gasteiger partial charge in [0.2, 0.25) is 5.82 Å². The summed E-state index contributed by atoms with van der Waals surface area (Å²) in [7, 11) is 3.10. The molecular weight excluding hydrogens is 334 g/mol. The summed E-state index contributed by atoms with van der Waals surface area (Å²) >= 11 is 0. The van der Waals surface area contributed by atoms with Crippen molar-refractivity contribution in [1.82, 2.24) is 15.5 Å². The summed E-state index contributed by atoms with van der Waals surface area (Å²) in [6, 6.07) is 15.1. The Balaban J connectivity index is 1.64. The predicted molar refractivity (Wildman–Crippen MR) is 95.3 cm³/mol. The van der Waals surface area contributed by atoms with E-state index in [0.29, 0.717) is 29.4 Å². The molecule has 1 aromatic heterocycles. The van der Waals surface area contributed by atoms with Crippen LogP contribution in [0.4, 0.5) is 0 Å². The third kappa shape index (κ3) is 4.00. The number of ether oxygens (including phenoxy) is 2. The molecule has 0 aliphatic carbocycles. The number of benzene rings is 2. The lowest BCUT2D eigenvalue weighted by molar-refractivity contribution is 0.0910. The van der Waals surface area contributed by atoms with Crippen LogP contribution in [0.15, 0.2) is 53.1 Å². The van der Waals surface area contributed by atoms with Crippen molar-refractivity contribution in [2.45, 2.75) is 6.42 Å². The van der Waals surface area contributed by atoms with Gasteiger partial charge in [-0.05, 0) is 30.2 Å². The maximum Gasteiger partial charge on any atom is 0.316 e. The molecule has 0 radical (unpaired) electrons. The van der Waals surface area contributed by atoms with Gasteiger partial charge in [-0.2, -0.15) is 4.98 Å². The smallest absolute Gasteiger partial charge is 0.316 e. The van der Waals surface area contributed by atoms with Gasteiger partial charge < -0.3 is 19.3 Å². The molecule has 1 heterocycles. The zero-order valence-electron chi connectivity index (χ0n) is 14.6. The van der Waals surface area contributed by atoms with Crippen LogP contribution in [0, 0.1) is 0 Å². The van der Waals surface area contributed by atoms with Gasteiger partial charge in [0, 0.05) is 12.1 Å². The van der Waals surface area contributed by atoms with Crippen molar-refractivity contribution in [2.24, 2.45) is 0 Å². The van der Waals surface area contributed by atoms with Gasteiger partial charge in [-0.3, -0.25) is 4.79 Å². The van der Waals surface area contributed by atoms with Crippen LogP contribution in [0.5, 0.6) is 11.5 Å². The molecule has 0 aliphatic rings. The summed E-state index contributed by atoms with van der Waals surface area (Å²) < 4.78 is 15.5. The van der Waals surface area contributed by atoms with Gasteiger partial charge in [0.25, 0.3) is 0 Å². The van der Waals surface area contributed by atoms with Crippen LogP contribution in [0.2, 0.25) is 0 Å². The highest BCUT2D eigenvalue weighted by Crippen LogP contribution is 2.31. The average Bonchev–Trinajstić information content (AvgIpc) is 3.18. The van der Waals surface area contributed by atoms with Gasteiger partial charge in [-0.15, -0.1) is 0 Å². The molecule has 1 amide bonds. The Morgan fingerprint density at radius 2 is 1.85 bits per heavy atom. The first-order chi connectivity index (χ1) is 12.7. The van der Waals surface area contributed by atoms with Crippen molar-refractivity contribution in [3.8, 4) is 22.9 Å². The molecule has 7 nitrogen and oxygen atoms in total. The number of hydrogen-bond acceptors (Lipinski definition) is 6. The van der Waals surface area contributed by atoms with E-state index in [4.69, 9.17) is 14.0 Å². The summed E-state index contributed by atoms with van der Waals surface area (Å²) in [5.41, 5.74) is 1.80. The molecule has 0 bridgehead atoms. The van der Waals surface area contributed by atoms with Crippen LogP contribution in [0.1, 0.15) is 16.2 Å². The highest BCUT2D eigenvalue weighted by atomic mass is 16.5. The summed E-state index contributed by atoms with van der Waals surface area (Å²) in [5.74, 6) is 0.962. The van der Waals surface area contributed by atoms with E-state index < -0.39 is 5.91 Å². The van der Waals surface area contributed by atoms with Crippen LogP contribution in [-0.2, 0) is 6.42 Å². The average molecular weight is 353 g/mol. The highest BCUT2D eigenvalue weighted by Gasteiger charge is 2.17. The SMILES string of the molecule is COc1ccc(-c2noc(C(=O)NCCc3ccccc3)n2)cc1OC. The van der Waals surface area contributed by atoms with E-state index >= 15 is 0 Å². The number of nitrogens with zero attached hydrogens (tertiary/aromatic N) is 2. The lowest BCUT2D eigenvalue weighted by Crippen LogP contribution is -2.25. The van der Waals surface area contributed by atoms with Crippen LogP contribution >= 0.6 is 0 Å². The number of nitrogens with one attached hydrogen (secondary N) is 1. The third-order valence-electron chi connectivity index (χ3n) is 3.80. The molecule has 0 spiro atoms. The summed E-state index contributed by atoms with van der Waals surface area (Å²) in [6.07, 6.45) is 0.725. The van der Waals surface area contributed by atoms with Gasteiger partial charge in [0.05, 0.1) is 14.2 Å². The van der Waals surface area contributed by atoms with Gasteiger partial charge in [0.1, 0.15) is 0 Å². The summed E-state index contributed by atoms with van der Waals surface area (Å²) in [4.78, 5) is 16.3. The van der Waals surface area contributed by atoms with Crippen LogP contribution in [-0.4, -0.2) is 36.8 Å². The standard InChI is InChI=1S/C19H19N3O4/c1-24-15-9-8-14(12-16(15)25-2)17-21-19(26-22-17)18(23)20-11-10-13-6-4-3-5-7-13/h3-9,12H,10-11H2,1-2H3,(H,20,23). The molecule has 26 heavy (non-hydrogen) atoms. The second-order valence-electron chi connectivity index (χ2n) is 5.48. The maximum atomic E-state index is 12.2. The molecule has 0 saturated carbocycles. The van der Waals surface area contributed by atoms with Crippen molar-refractivity contribution in [2.75, 3.05) is 20.8 Å². The fourth-order valence-corrected chi connectivity index (χ4v) is 2.45. The second-order valence-corrected chi connectivity index (χ2v) is 5.48. The monoisotopic (exact) mass is 353 g/mol. The van der Waals surface area contributed by atoms with Crippen molar-refractivity contribution >= 4 is 5.91 Å². The van der Waals surface area contributed by atoms with Gasteiger partial charge >= 0.3 is 11.8 Å². The maximum absolute atomic E-state index is 12.2. The number of rotatable bonds is 7. The van der Waals surface area contributed by atoms with Crippen molar-refractivity contribution < 1.29 is 18.8 Å². The zero-order valence-corrected chi connectivity index (χ0v) is 14.6. The van der Waals surface area contributed by atoms with Crippen molar-refractivity contribution in [3.05, 3.63) is 60.0 Å². The summed E-state index contributed by atoms with van der Waals surface area (Å²) in [5, 5.41) is 6.63. The Hall–Kier alpha value is -3.35. The topological polar surface area (TPSA) is 86.5 Å². The molecule has 0 atom stereocenters. The lowest BCUT2D eigenvalue weighted by Gasteiger charge is -2.07. The quantitative estimate of drug-likeness (QED) is 0.703. The Labute approximate surface area is 150 Å². The highest BCUT2D eigenvalue weighted by molar-refractivity contribution is 5.89.